The normalized spacial score (nSPS) is 10.7. The van der Waals surface area contributed by atoms with Crippen molar-refractivity contribution in [2.75, 3.05) is 23.7 Å². The standard InChI is InChI=1S/C22H18BClN6O3/c23-16-12-27-30-19(11-17(29-20(16)30)15-6-1-2-7-18(15)31)25-8-9-26-21(32)13-4-3-5-14(10-13)28-22(24)33/h1-7,10-12,25,31H,8-9H2,(H,26,32)(H,28,33). The van der Waals surface area contributed by atoms with Gasteiger partial charge in [-0.1, -0.05) is 18.2 Å². The minimum Gasteiger partial charge on any atom is -0.507 e. The Kier molecular flexibility index (Phi) is 6.46. The Morgan fingerprint density at radius 3 is 2.70 bits per heavy atom. The second-order valence-corrected chi connectivity index (χ2v) is 7.38. The van der Waals surface area contributed by atoms with Crippen LogP contribution in [0.15, 0.2) is 60.8 Å². The number of aromatic nitrogens is 3. The number of amides is 2. The fraction of sp³-hybridized carbons (Fsp3) is 0.0909. The molecule has 4 aromatic rings. The number of hydrogen-bond donors (Lipinski definition) is 4. The molecule has 0 unspecified atom stereocenters. The van der Waals surface area contributed by atoms with E-state index in [1.165, 1.54) is 12.3 Å². The monoisotopic (exact) mass is 460 g/mol. The highest BCUT2D eigenvalue weighted by Gasteiger charge is 2.13. The van der Waals surface area contributed by atoms with Gasteiger partial charge in [-0.25, -0.2) is 4.98 Å². The van der Waals surface area contributed by atoms with Gasteiger partial charge in [-0.05, 0) is 47.4 Å². The zero-order valence-electron chi connectivity index (χ0n) is 17.2. The first-order valence-electron chi connectivity index (χ1n) is 9.93. The van der Waals surface area contributed by atoms with Gasteiger partial charge in [0.25, 0.3) is 5.91 Å². The third-order valence-electron chi connectivity index (χ3n) is 4.76. The number of para-hydroxylation sites is 1. The molecule has 0 bridgehead atoms. The van der Waals surface area contributed by atoms with Crippen LogP contribution in [0.5, 0.6) is 5.75 Å². The number of fused-ring (bicyclic) bond motifs is 1. The van der Waals surface area contributed by atoms with E-state index in [1.807, 2.05) is 0 Å². The highest BCUT2D eigenvalue weighted by Crippen LogP contribution is 2.29. The van der Waals surface area contributed by atoms with Crippen LogP contribution in [0.4, 0.5) is 16.3 Å². The summed E-state index contributed by atoms with van der Waals surface area (Å²) in [5, 5.41) is 22.1. The summed E-state index contributed by atoms with van der Waals surface area (Å²) in [6.07, 6.45) is 1.50. The number of anilines is 2. The number of hydrogen-bond acceptors (Lipinski definition) is 6. The van der Waals surface area contributed by atoms with Gasteiger partial charge in [0.1, 0.15) is 19.4 Å². The molecule has 4 rings (SSSR count). The van der Waals surface area contributed by atoms with Crippen molar-refractivity contribution in [1.29, 1.82) is 0 Å². The van der Waals surface area contributed by atoms with E-state index < -0.39 is 5.37 Å². The van der Waals surface area contributed by atoms with Gasteiger partial charge in [-0.15, -0.1) is 0 Å². The van der Waals surface area contributed by atoms with E-state index in [0.717, 1.165) is 0 Å². The SMILES string of the molecule is [B]c1cnn2c(NCCNC(=O)c3cccc(NC(=O)Cl)c3)cc(-c3ccccc3O)nc12. The predicted molar refractivity (Wildman–Crippen MR) is 128 cm³/mol. The summed E-state index contributed by atoms with van der Waals surface area (Å²) in [6.45, 7) is 0.681. The number of nitrogens with zero attached hydrogens (tertiary/aromatic N) is 3. The lowest BCUT2D eigenvalue weighted by molar-refractivity contribution is 0.0955. The molecule has 2 amide bonds. The Labute approximate surface area is 195 Å². The van der Waals surface area contributed by atoms with Crippen molar-refractivity contribution in [2.24, 2.45) is 0 Å². The number of aromatic hydroxyl groups is 1. The van der Waals surface area contributed by atoms with Crippen LogP contribution in [-0.4, -0.2) is 51.9 Å². The van der Waals surface area contributed by atoms with Crippen molar-refractivity contribution >= 4 is 53.3 Å². The molecule has 2 radical (unpaired) electrons. The molecule has 0 saturated heterocycles. The van der Waals surface area contributed by atoms with Crippen LogP contribution < -0.4 is 21.4 Å². The molecule has 33 heavy (non-hydrogen) atoms. The van der Waals surface area contributed by atoms with E-state index in [-0.39, 0.29) is 11.7 Å². The fourth-order valence-corrected chi connectivity index (χ4v) is 3.36. The molecule has 164 valence electrons. The van der Waals surface area contributed by atoms with Gasteiger partial charge in [0.15, 0.2) is 5.65 Å². The Hall–Kier alpha value is -4.05. The number of carbonyl (C=O) groups excluding carboxylic acids is 2. The number of rotatable bonds is 7. The van der Waals surface area contributed by atoms with Crippen molar-refractivity contribution < 1.29 is 14.7 Å². The first kappa shape index (κ1) is 22.2. The molecule has 0 saturated carbocycles. The smallest absolute Gasteiger partial charge is 0.318 e. The van der Waals surface area contributed by atoms with Crippen molar-refractivity contribution in [3.63, 3.8) is 0 Å². The van der Waals surface area contributed by atoms with E-state index >= 15 is 0 Å². The van der Waals surface area contributed by atoms with Gasteiger partial charge in [-0.2, -0.15) is 9.61 Å². The lowest BCUT2D eigenvalue weighted by Crippen LogP contribution is -2.29. The van der Waals surface area contributed by atoms with Gasteiger partial charge < -0.3 is 21.1 Å². The summed E-state index contributed by atoms with van der Waals surface area (Å²) in [4.78, 5) is 27.9. The van der Waals surface area contributed by atoms with Gasteiger partial charge >= 0.3 is 5.37 Å². The van der Waals surface area contributed by atoms with Crippen LogP contribution in [-0.2, 0) is 0 Å². The predicted octanol–water partition coefficient (Wildman–Crippen LogP) is 2.51. The summed E-state index contributed by atoms with van der Waals surface area (Å²) in [7, 11) is 6.00. The number of carbonyl (C=O) groups is 2. The summed E-state index contributed by atoms with van der Waals surface area (Å²) in [6, 6.07) is 15.0. The van der Waals surface area contributed by atoms with Gasteiger partial charge in [0, 0.05) is 42.2 Å². The molecule has 0 aliphatic heterocycles. The Morgan fingerprint density at radius 1 is 1.09 bits per heavy atom. The number of halogens is 1. The fourth-order valence-electron chi connectivity index (χ4n) is 3.25. The molecule has 4 N–H and O–H groups in total. The van der Waals surface area contributed by atoms with Crippen LogP contribution >= 0.6 is 11.6 Å². The van der Waals surface area contributed by atoms with E-state index in [9.17, 15) is 14.7 Å². The quantitative estimate of drug-likeness (QED) is 0.146. The third kappa shape index (κ3) is 5.07. The molecule has 0 aliphatic rings. The largest absolute Gasteiger partial charge is 0.507 e. The third-order valence-corrected chi connectivity index (χ3v) is 4.86. The summed E-state index contributed by atoms with van der Waals surface area (Å²) >= 11 is 5.31. The molecule has 0 fully saturated rings. The van der Waals surface area contributed by atoms with E-state index in [0.29, 0.717) is 52.5 Å². The van der Waals surface area contributed by atoms with Gasteiger partial charge in [0.2, 0.25) is 0 Å². The molecule has 0 aliphatic carbocycles. The molecule has 2 aromatic heterocycles. The topological polar surface area (TPSA) is 121 Å². The number of benzene rings is 2. The molecule has 2 aromatic carbocycles. The van der Waals surface area contributed by atoms with Crippen molar-refractivity contribution in [1.82, 2.24) is 19.9 Å². The highest BCUT2D eigenvalue weighted by atomic mass is 35.5. The number of phenolic OH excluding ortho intramolecular Hbond substituents is 1. The van der Waals surface area contributed by atoms with E-state index in [4.69, 9.17) is 19.4 Å². The van der Waals surface area contributed by atoms with Crippen molar-refractivity contribution in [3.8, 4) is 17.0 Å². The first-order valence-corrected chi connectivity index (χ1v) is 10.3. The maximum absolute atomic E-state index is 12.4. The molecular weight excluding hydrogens is 443 g/mol. The van der Waals surface area contributed by atoms with Crippen molar-refractivity contribution in [3.05, 3.63) is 66.4 Å². The second kappa shape index (κ2) is 9.62. The number of phenols is 1. The molecule has 11 heteroatoms. The Bertz CT molecular complexity index is 1340. The number of nitrogens with one attached hydrogen (secondary N) is 3. The van der Waals surface area contributed by atoms with Crippen LogP contribution in [0.25, 0.3) is 16.9 Å². The van der Waals surface area contributed by atoms with Crippen LogP contribution in [0.1, 0.15) is 10.4 Å². The lowest BCUT2D eigenvalue weighted by Gasteiger charge is -2.12. The summed E-state index contributed by atoms with van der Waals surface area (Å²) in [5.41, 5.74) is 2.73. The molecule has 2 heterocycles. The minimum atomic E-state index is -0.733. The van der Waals surface area contributed by atoms with Crippen LogP contribution in [0.2, 0.25) is 0 Å². The highest BCUT2D eigenvalue weighted by molar-refractivity contribution is 6.65. The zero-order chi connectivity index (χ0) is 23.4. The summed E-state index contributed by atoms with van der Waals surface area (Å²) < 4.78 is 1.55. The van der Waals surface area contributed by atoms with Gasteiger partial charge in [-0.3, -0.25) is 9.59 Å². The van der Waals surface area contributed by atoms with Crippen LogP contribution in [0, 0.1) is 0 Å². The maximum Gasteiger partial charge on any atom is 0.318 e. The van der Waals surface area contributed by atoms with Gasteiger partial charge in [0.05, 0.1) is 5.69 Å². The molecule has 9 nitrogen and oxygen atoms in total. The average Bonchev–Trinajstić information content (AvgIpc) is 3.17. The minimum absolute atomic E-state index is 0.0956. The average molecular weight is 461 g/mol. The lowest BCUT2D eigenvalue weighted by atomic mass is 10.0. The zero-order valence-corrected chi connectivity index (χ0v) is 18.0. The summed E-state index contributed by atoms with van der Waals surface area (Å²) in [5.74, 6) is 0.384. The molecular formula is C22H18BClN6O3. The Balaban J connectivity index is 1.46. The van der Waals surface area contributed by atoms with Crippen LogP contribution in [0.3, 0.4) is 0 Å². The first-order chi connectivity index (χ1) is 15.9. The molecule has 0 atom stereocenters. The Morgan fingerprint density at radius 2 is 1.91 bits per heavy atom. The van der Waals surface area contributed by atoms with E-state index in [2.05, 4.69) is 26.0 Å². The molecule has 0 spiro atoms. The van der Waals surface area contributed by atoms with E-state index in [1.54, 1.807) is 53.0 Å². The van der Waals surface area contributed by atoms with Crippen molar-refractivity contribution in [2.45, 2.75) is 0 Å². The second-order valence-electron chi connectivity index (χ2n) is 7.04. The maximum atomic E-state index is 12.4.